The summed E-state index contributed by atoms with van der Waals surface area (Å²) in [6.45, 7) is 4.70. The normalized spacial score (nSPS) is 30.0. The first-order valence-corrected chi connectivity index (χ1v) is 4.91. The second kappa shape index (κ2) is 5.82. The zero-order chi connectivity index (χ0) is 8.27. The Kier molecular flexibility index (Phi) is 5.94. The van der Waals surface area contributed by atoms with Crippen LogP contribution in [0.5, 0.6) is 0 Å². The van der Waals surface area contributed by atoms with Crippen LogP contribution >= 0.6 is 12.4 Å². The number of hydrogen-bond donors (Lipinski definition) is 1. The van der Waals surface area contributed by atoms with E-state index in [1.165, 1.54) is 25.7 Å². The molecule has 1 fully saturated rings. The van der Waals surface area contributed by atoms with Crippen molar-refractivity contribution in [3.8, 4) is 0 Å². The maximum Gasteiger partial charge on any atom is 0.00642 e. The summed E-state index contributed by atoms with van der Waals surface area (Å²) >= 11 is 0. The average molecular weight is 192 g/mol. The van der Waals surface area contributed by atoms with Crippen molar-refractivity contribution in [3.05, 3.63) is 0 Å². The average Bonchev–Trinajstić information content (AvgIpc) is 2.05. The molecule has 0 aromatic heterocycles. The molecular formula is C10H22ClN. The summed E-state index contributed by atoms with van der Waals surface area (Å²) < 4.78 is 0. The molecule has 0 spiro atoms. The molecule has 0 aromatic carbocycles. The van der Waals surface area contributed by atoms with Crippen LogP contribution in [-0.4, -0.2) is 13.1 Å². The third-order valence-electron chi connectivity index (χ3n) is 3.12. The minimum Gasteiger partial charge on any atom is -0.317 e. The van der Waals surface area contributed by atoms with E-state index >= 15 is 0 Å². The van der Waals surface area contributed by atoms with Gasteiger partial charge in [0, 0.05) is 6.04 Å². The van der Waals surface area contributed by atoms with E-state index in [9.17, 15) is 0 Å². The van der Waals surface area contributed by atoms with E-state index in [-0.39, 0.29) is 12.4 Å². The Bertz CT molecular complexity index is 106. The molecule has 2 heteroatoms. The predicted octanol–water partition coefficient (Wildman–Crippen LogP) is 2.84. The molecule has 1 aliphatic carbocycles. The van der Waals surface area contributed by atoms with Gasteiger partial charge in [-0.1, -0.05) is 13.8 Å². The number of hydrogen-bond acceptors (Lipinski definition) is 1. The minimum absolute atomic E-state index is 0. The smallest absolute Gasteiger partial charge is 0.00642 e. The molecule has 74 valence electrons. The molecule has 12 heavy (non-hydrogen) atoms. The van der Waals surface area contributed by atoms with Crippen LogP contribution in [0.1, 0.15) is 39.5 Å². The summed E-state index contributed by atoms with van der Waals surface area (Å²) in [5.74, 6) is 1.90. The lowest BCUT2D eigenvalue weighted by Gasteiger charge is -2.30. The van der Waals surface area contributed by atoms with Crippen LogP contribution in [0.2, 0.25) is 0 Å². The highest BCUT2D eigenvalue weighted by Crippen LogP contribution is 2.29. The molecule has 0 unspecified atom stereocenters. The summed E-state index contributed by atoms with van der Waals surface area (Å²) in [4.78, 5) is 0. The molecule has 0 aromatic rings. The highest BCUT2D eigenvalue weighted by Gasteiger charge is 2.21. The maximum absolute atomic E-state index is 3.36. The third kappa shape index (κ3) is 3.32. The van der Waals surface area contributed by atoms with Gasteiger partial charge in [-0.05, 0) is 44.6 Å². The van der Waals surface area contributed by atoms with E-state index < -0.39 is 0 Å². The molecule has 1 N–H and O–H groups in total. The van der Waals surface area contributed by atoms with E-state index in [1.54, 1.807) is 0 Å². The zero-order valence-electron chi connectivity index (χ0n) is 8.47. The highest BCUT2D eigenvalue weighted by molar-refractivity contribution is 5.85. The first-order valence-electron chi connectivity index (χ1n) is 4.91. The Morgan fingerprint density at radius 3 is 1.92 bits per heavy atom. The number of rotatable bonds is 2. The fourth-order valence-electron chi connectivity index (χ4n) is 2.07. The predicted molar refractivity (Wildman–Crippen MR) is 56.9 cm³/mol. The molecule has 0 radical (unpaired) electrons. The number of nitrogens with one attached hydrogen (secondary N) is 1. The lowest BCUT2D eigenvalue weighted by molar-refractivity contribution is 0.244. The van der Waals surface area contributed by atoms with Crippen LogP contribution in [0.3, 0.4) is 0 Å². The molecule has 0 bridgehead atoms. The molecule has 0 amide bonds. The molecule has 0 heterocycles. The Hall–Kier alpha value is 0.250. The summed E-state index contributed by atoms with van der Waals surface area (Å²) in [5, 5.41) is 3.36. The Balaban J connectivity index is 0.00000121. The summed E-state index contributed by atoms with van der Waals surface area (Å²) in [7, 11) is 2.08. The molecule has 0 atom stereocenters. The first kappa shape index (κ1) is 12.2. The van der Waals surface area contributed by atoms with Gasteiger partial charge < -0.3 is 5.32 Å². The van der Waals surface area contributed by atoms with Crippen molar-refractivity contribution in [1.82, 2.24) is 5.32 Å². The van der Waals surface area contributed by atoms with Crippen molar-refractivity contribution < 1.29 is 0 Å². The van der Waals surface area contributed by atoms with Crippen molar-refractivity contribution in [2.75, 3.05) is 7.05 Å². The Morgan fingerprint density at radius 1 is 1.08 bits per heavy atom. The second-order valence-electron chi connectivity index (χ2n) is 4.14. The molecule has 0 aliphatic heterocycles. The van der Waals surface area contributed by atoms with Crippen LogP contribution in [0, 0.1) is 11.8 Å². The quantitative estimate of drug-likeness (QED) is 0.708. The van der Waals surface area contributed by atoms with E-state index in [4.69, 9.17) is 0 Å². The van der Waals surface area contributed by atoms with Gasteiger partial charge in [0.05, 0.1) is 0 Å². The molecule has 1 nitrogen and oxygen atoms in total. The molecule has 1 saturated carbocycles. The van der Waals surface area contributed by atoms with Gasteiger partial charge in [-0.3, -0.25) is 0 Å². The minimum atomic E-state index is 0. The van der Waals surface area contributed by atoms with Crippen LogP contribution in [0.4, 0.5) is 0 Å². The van der Waals surface area contributed by atoms with Gasteiger partial charge >= 0.3 is 0 Å². The summed E-state index contributed by atoms with van der Waals surface area (Å²) in [5.41, 5.74) is 0. The van der Waals surface area contributed by atoms with Gasteiger partial charge in [0.25, 0.3) is 0 Å². The molecular weight excluding hydrogens is 170 g/mol. The van der Waals surface area contributed by atoms with Crippen molar-refractivity contribution >= 4 is 12.4 Å². The lowest BCUT2D eigenvalue weighted by Crippen LogP contribution is -2.31. The van der Waals surface area contributed by atoms with E-state index in [0.717, 1.165) is 17.9 Å². The van der Waals surface area contributed by atoms with Crippen molar-refractivity contribution in [2.24, 2.45) is 11.8 Å². The van der Waals surface area contributed by atoms with Gasteiger partial charge in [0.15, 0.2) is 0 Å². The van der Waals surface area contributed by atoms with Crippen LogP contribution < -0.4 is 5.32 Å². The van der Waals surface area contributed by atoms with Gasteiger partial charge in [-0.25, -0.2) is 0 Å². The standard InChI is InChI=1S/C10H21N.ClH/c1-8(2)9-4-6-10(11-3)7-5-9;/h8-11H,4-7H2,1-3H3;1H. The van der Waals surface area contributed by atoms with Gasteiger partial charge in [0.1, 0.15) is 0 Å². The lowest BCUT2D eigenvalue weighted by atomic mass is 9.80. The monoisotopic (exact) mass is 191 g/mol. The van der Waals surface area contributed by atoms with E-state index in [0.29, 0.717) is 0 Å². The maximum atomic E-state index is 3.36. The van der Waals surface area contributed by atoms with Gasteiger partial charge in [-0.2, -0.15) is 0 Å². The topological polar surface area (TPSA) is 12.0 Å². The number of halogens is 1. The molecule has 1 aliphatic rings. The highest BCUT2D eigenvalue weighted by atomic mass is 35.5. The second-order valence-corrected chi connectivity index (χ2v) is 4.14. The fourth-order valence-corrected chi connectivity index (χ4v) is 2.07. The van der Waals surface area contributed by atoms with E-state index in [2.05, 4.69) is 26.2 Å². The SMILES string of the molecule is CNC1CCC(C(C)C)CC1.Cl. The van der Waals surface area contributed by atoms with Crippen LogP contribution in [0.15, 0.2) is 0 Å². The third-order valence-corrected chi connectivity index (χ3v) is 3.12. The molecule has 0 saturated heterocycles. The summed E-state index contributed by atoms with van der Waals surface area (Å²) in [6.07, 6.45) is 5.64. The summed E-state index contributed by atoms with van der Waals surface area (Å²) in [6, 6.07) is 0.810. The van der Waals surface area contributed by atoms with Crippen molar-refractivity contribution in [2.45, 2.75) is 45.6 Å². The Labute approximate surface area is 82.7 Å². The van der Waals surface area contributed by atoms with Crippen molar-refractivity contribution in [3.63, 3.8) is 0 Å². The largest absolute Gasteiger partial charge is 0.317 e. The zero-order valence-corrected chi connectivity index (χ0v) is 9.29. The van der Waals surface area contributed by atoms with Crippen LogP contribution in [-0.2, 0) is 0 Å². The Morgan fingerprint density at radius 2 is 1.58 bits per heavy atom. The van der Waals surface area contributed by atoms with E-state index in [1.807, 2.05) is 0 Å². The first-order chi connectivity index (χ1) is 5.24. The van der Waals surface area contributed by atoms with Crippen LogP contribution in [0.25, 0.3) is 0 Å². The van der Waals surface area contributed by atoms with Gasteiger partial charge in [-0.15, -0.1) is 12.4 Å². The molecule has 1 rings (SSSR count). The van der Waals surface area contributed by atoms with Crippen molar-refractivity contribution in [1.29, 1.82) is 0 Å². The fraction of sp³-hybridized carbons (Fsp3) is 1.00. The van der Waals surface area contributed by atoms with Gasteiger partial charge in [0.2, 0.25) is 0 Å².